The van der Waals surface area contributed by atoms with Crippen molar-refractivity contribution in [1.29, 1.82) is 0 Å². The van der Waals surface area contributed by atoms with E-state index in [0.29, 0.717) is 17.2 Å². The quantitative estimate of drug-likeness (QED) is 0.477. The molecular formula is C21H21N7O2S. The molecule has 0 aliphatic heterocycles. The zero-order valence-corrected chi connectivity index (χ0v) is 18.0. The maximum Gasteiger partial charge on any atom is 0.274 e. The van der Waals surface area contributed by atoms with Gasteiger partial charge in [0.2, 0.25) is 10.6 Å². The molecule has 0 saturated heterocycles. The molecule has 0 fully saturated rings. The number of carbonyl (C=O) groups excluding carboxylic acids is 1. The molecule has 4 aromatic rings. The molecule has 0 bridgehead atoms. The van der Waals surface area contributed by atoms with E-state index in [-0.39, 0.29) is 12.5 Å². The smallest absolute Gasteiger partial charge is 0.274 e. The number of methoxy groups -OCH3 is 1. The first-order chi connectivity index (χ1) is 15.2. The number of amides is 1. The number of aromatic amines is 1. The first-order valence-corrected chi connectivity index (χ1v) is 10.5. The Morgan fingerprint density at radius 3 is 2.61 bits per heavy atom. The topological polar surface area (TPSA) is 111 Å². The number of nitrogens with one attached hydrogen (secondary N) is 1. The van der Waals surface area contributed by atoms with Crippen LogP contribution in [0.2, 0.25) is 0 Å². The number of hydrogen-bond donors (Lipinski definition) is 1. The Hall–Kier alpha value is -3.50. The van der Waals surface area contributed by atoms with Gasteiger partial charge in [0.05, 0.1) is 6.54 Å². The molecular weight excluding hydrogens is 414 g/mol. The Balaban J connectivity index is 1.61. The van der Waals surface area contributed by atoms with Crippen molar-refractivity contribution in [2.75, 3.05) is 13.7 Å². The minimum Gasteiger partial charge on any atom is -0.375 e. The maximum absolute atomic E-state index is 11.9. The Kier molecular flexibility index (Phi) is 6.39. The van der Waals surface area contributed by atoms with Crippen molar-refractivity contribution in [3.05, 3.63) is 63.9 Å². The van der Waals surface area contributed by atoms with Gasteiger partial charge in [0, 0.05) is 12.7 Å². The lowest BCUT2D eigenvalue weighted by Crippen LogP contribution is -2.20. The Bertz CT molecular complexity index is 1230. The number of H-pyrrole nitrogens is 1. The standard InChI is InChI=1S/C21H21N7O2S/c1-3-19-25-28(21(31-19)22-18(29)13-30-2)12-14-8-10-15(11-9-14)16-6-4-5-7-17(16)20-23-26-27-24-20/h4-11H,3,12-13H2,1-2H3,(H,23,24,26,27). The molecule has 31 heavy (non-hydrogen) atoms. The van der Waals surface area contributed by atoms with E-state index in [1.165, 1.54) is 18.4 Å². The molecule has 2 heterocycles. The van der Waals surface area contributed by atoms with Gasteiger partial charge in [0.15, 0.2) is 0 Å². The number of hydrogen-bond acceptors (Lipinski definition) is 7. The lowest BCUT2D eigenvalue weighted by atomic mass is 9.98. The van der Waals surface area contributed by atoms with Crippen LogP contribution in [0.25, 0.3) is 22.5 Å². The fourth-order valence-electron chi connectivity index (χ4n) is 3.11. The number of nitrogens with zero attached hydrogens (tertiary/aromatic N) is 6. The summed E-state index contributed by atoms with van der Waals surface area (Å²) in [5.41, 5.74) is 4.02. The molecule has 2 aromatic heterocycles. The summed E-state index contributed by atoms with van der Waals surface area (Å²) in [5, 5.41) is 19.9. The van der Waals surface area contributed by atoms with Gasteiger partial charge in [0.1, 0.15) is 11.6 Å². The van der Waals surface area contributed by atoms with Crippen LogP contribution in [0.1, 0.15) is 17.5 Å². The third-order valence-electron chi connectivity index (χ3n) is 4.56. The molecule has 0 atom stereocenters. The molecule has 4 rings (SSSR count). The third-order valence-corrected chi connectivity index (χ3v) is 5.65. The van der Waals surface area contributed by atoms with Gasteiger partial charge in [0.25, 0.3) is 5.91 Å². The molecule has 0 aliphatic rings. The highest BCUT2D eigenvalue weighted by molar-refractivity contribution is 7.08. The molecule has 0 unspecified atom stereocenters. The number of tetrazole rings is 1. The molecule has 1 N–H and O–H groups in total. The lowest BCUT2D eigenvalue weighted by molar-refractivity contribution is -0.121. The summed E-state index contributed by atoms with van der Waals surface area (Å²) in [6, 6.07) is 16.1. The number of aryl methyl sites for hydroxylation is 1. The van der Waals surface area contributed by atoms with Crippen LogP contribution in [0.3, 0.4) is 0 Å². The number of rotatable bonds is 7. The second kappa shape index (κ2) is 9.54. The van der Waals surface area contributed by atoms with E-state index in [4.69, 9.17) is 4.74 Å². The van der Waals surface area contributed by atoms with Crippen LogP contribution in [0, 0.1) is 0 Å². The largest absolute Gasteiger partial charge is 0.375 e. The van der Waals surface area contributed by atoms with Gasteiger partial charge >= 0.3 is 0 Å². The van der Waals surface area contributed by atoms with E-state index in [0.717, 1.165) is 33.7 Å². The van der Waals surface area contributed by atoms with E-state index >= 15 is 0 Å². The first-order valence-electron chi connectivity index (χ1n) is 9.73. The van der Waals surface area contributed by atoms with Gasteiger partial charge in [-0.15, -0.1) is 10.2 Å². The van der Waals surface area contributed by atoms with Crippen molar-refractivity contribution < 1.29 is 9.53 Å². The second-order valence-electron chi connectivity index (χ2n) is 6.71. The molecule has 10 heteroatoms. The monoisotopic (exact) mass is 435 g/mol. The van der Waals surface area contributed by atoms with Crippen molar-refractivity contribution in [3.63, 3.8) is 0 Å². The van der Waals surface area contributed by atoms with E-state index in [9.17, 15) is 4.79 Å². The average Bonchev–Trinajstić information content (AvgIpc) is 3.45. The van der Waals surface area contributed by atoms with Crippen LogP contribution in [0.5, 0.6) is 0 Å². The van der Waals surface area contributed by atoms with Crippen LogP contribution in [0.4, 0.5) is 0 Å². The van der Waals surface area contributed by atoms with Crippen molar-refractivity contribution in [2.24, 2.45) is 4.99 Å². The van der Waals surface area contributed by atoms with Crippen molar-refractivity contribution in [1.82, 2.24) is 30.4 Å². The molecule has 0 aliphatic carbocycles. The lowest BCUT2D eigenvalue weighted by Gasteiger charge is -2.08. The third kappa shape index (κ3) is 4.81. The van der Waals surface area contributed by atoms with Gasteiger partial charge in [-0.2, -0.15) is 15.3 Å². The van der Waals surface area contributed by atoms with Crippen molar-refractivity contribution >= 4 is 17.2 Å². The molecule has 9 nitrogen and oxygen atoms in total. The minimum atomic E-state index is -0.323. The van der Waals surface area contributed by atoms with E-state index < -0.39 is 0 Å². The molecule has 0 saturated carbocycles. The Morgan fingerprint density at radius 1 is 1.16 bits per heavy atom. The van der Waals surface area contributed by atoms with E-state index in [1.807, 2.05) is 43.3 Å². The summed E-state index contributed by atoms with van der Waals surface area (Å²) in [6.45, 7) is 2.50. The van der Waals surface area contributed by atoms with Gasteiger partial charge in [-0.05, 0) is 28.3 Å². The minimum absolute atomic E-state index is 0.0478. The van der Waals surface area contributed by atoms with Crippen molar-refractivity contribution in [3.8, 4) is 22.5 Å². The fraction of sp³-hybridized carbons (Fsp3) is 0.238. The van der Waals surface area contributed by atoms with Crippen molar-refractivity contribution in [2.45, 2.75) is 19.9 Å². The van der Waals surface area contributed by atoms with Gasteiger partial charge in [-0.3, -0.25) is 4.79 Å². The molecule has 1 amide bonds. The Morgan fingerprint density at radius 2 is 1.94 bits per heavy atom. The van der Waals surface area contributed by atoms with Crippen LogP contribution < -0.4 is 4.80 Å². The summed E-state index contributed by atoms with van der Waals surface area (Å²) >= 11 is 1.42. The normalized spacial score (nSPS) is 11.7. The SMILES string of the molecule is CCc1nn(Cc2ccc(-c3ccccc3-c3nn[nH]n3)cc2)c(=NC(=O)COC)s1. The molecule has 2 aromatic carbocycles. The summed E-state index contributed by atoms with van der Waals surface area (Å²) in [4.78, 5) is 16.6. The number of carbonyl (C=O) groups is 1. The first kappa shape index (κ1) is 20.8. The maximum atomic E-state index is 11.9. The Labute approximate surface area is 182 Å². The van der Waals surface area contributed by atoms with E-state index in [1.54, 1.807) is 4.68 Å². The number of aromatic nitrogens is 6. The highest BCUT2D eigenvalue weighted by atomic mass is 32.1. The zero-order valence-electron chi connectivity index (χ0n) is 17.1. The fourth-order valence-corrected chi connectivity index (χ4v) is 3.97. The van der Waals surface area contributed by atoms with Crippen LogP contribution in [0.15, 0.2) is 53.5 Å². The number of benzene rings is 2. The number of ether oxygens (including phenoxy) is 1. The molecule has 158 valence electrons. The van der Waals surface area contributed by atoms with Gasteiger partial charge in [-0.25, -0.2) is 4.68 Å². The summed E-state index contributed by atoms with van der Waals surface area (Å²) in [7, 11) is 1.48. The molecule has 0 radical (unpaired) electrons. The highest BCUT2D eigenvalue weighted by Gasteiger charge is 2.11. The summed E-state index contributed by atoms with van der Waals surface area (Å²) < 4.78 is 6.64. The van der Waals surface area contributed by atoms with Crippen LogP contribution in [-0.4, -0.2) is 50.0 Å². The van der Waals surface area contributed by atoms with Crippen LogP contribution >= 0.6 is 11.3 Å². The predicted octanol–water partition coefficient (Wildman–Crippen LogP) is 2.48. The second-order valence-corrected chi connectivity index (χ2v) is 7.75. The predicted molar refractivity (Wildman–Crippen MR) is 116 cm³/mol. The van der Waals surface area contributed by atoms with Gasteiger partial charge in [-0.1, -0.05) is 66.8 Å². The zero-order chi connectivity index (χ0) is 21.6. The van der Waals surface area contributed by atoms with Gasteiger partial charge < -0.3 is 4.74 Å². The van der Waals surface area contributed by atoms with Crippen LogP contribution in [-0.2, 0) is 22.5 Å². The molecule has 0 spiro atoms. The summed E-state index contributed by atoms with van der Waals surface area (Å²) in [5.74, 6) is 0.229. The highest BCUT2D eigenvalue weighted by Crippen LogP contribution is 2.29. The summed E-state index contributed by atoms with van der Waals surface area (Å²) in [6.07, 6.45) is 0.782. The van der Waals surface area contributed by atoms with E-state index in [2.05, 4.69) is 42.8 Å². The average molecular weight is 436 g/mol.